The molecule has 2 aromatic carbocycles. The number of para-hydroxylation sites is 2. The Morgan fingerprint density at radius 1 is 1.11 bits per heavy atom. The zero-order chi connectivity index (χ0) is 19.8. The van der Waals surface area contributed by atoms with Crippen LogP contribution in [0.5, 0.6) is 0 Å². The molecule has 2 rings (SSSR count). The number of esters is 1. The minimum atomic E-state index is -0.978. The summed E-state index contributed by atoms with van der Waals surface area (Å²) in [6.07, 6.45) is 0. The molecule has 0 bridgehead atoms. The number of hydrogen-bond donors (Lipinski definition) is 2. The molecular weight excluding hydrogens is 374 g/mol. The van der Waals surface area contributed by atoms with Crippen LogP contribution in [0.4, 0.5) is 11.4 Å². The minimum absolute atomic E-state index is 0.0412. The lowest BCUT2D eigenvalue weighted by Gasteiger charge is -2.10. The SMILES string of the molecule is NC(=O)CSc1ccccc1NC(=O)COC(=O)c1ccccc1[N+](=O)[O-]. The molecule has 2 amide bonds. The van der Waals surface area contributed by atoms with Crippen LogP contribution >= 0.6 is 11.8 Å². The van der Waals surface area contributed by atoms with E-state index in [2.05, 4.69) is 5.32 Å². The van der Waals surface area contributed by atoms with Crippen molar-refractivity contribution in [3.8, 4) is 0 Å². The van der Waals surface area contributed by atoms with Crippen molar-refractivity contribution in [2.75, 3.05) is 17.7 Å². The van der Waals surface area contributed by atoms with Crippen molar-refractivity contribution in [2.24, 2.45) is 5.73 Å². The van der Waals surface area contributed by atoms with Gasteiger partial charge in [-0.05, 0) is 18.2 Å². The smallest absolute Gasteiger partial charge is 0.345 e. The van der Waals surface area contributed by atoms with Crippen LogP contribution in [0.15, 0.2) is 53.4 Å². The van der Waals surface area contributed by atoms with E-state index in [0.717, 1.165) is 11.8 Å². The third-order valence-corrected chi connectivity index (χ3v) is 4.28. The summed E-state index contributed by atoms with van der Waals surface area (Å²) in [4.78, 5) is 45.8. The Morgan fingerprint density at radius 3 is 2.48 bits per heavy atom. The predicted octanol–water partition coefficient (Wildman–Crippen LogP) is 1.97. The summed E-state index contributed by atoms with van der Waals surface area (Å²) in [6.45, 7) is -0.625. The van der Waals surface area contributed by atoms with Gasteiger partial charge in [-0.15, -0.1) is 11.8 Å². The zero-order valence-corrected chi connectivity index (χ0v) is 14.7. The van der Waals surface area contributed by atoms with Gasteiger partial charge in [0.05, 0.1) is 16.4 Å². The van der Waals surface area contributed by atoms with Gasteiger partial charge in [0.25, 0.3) is 11.6 Å². The van der Waals surface area contributed by atoms with Crippen LogP contribution in [0.1, 0.15) is 10.4 Å². The first-order valence-electron chi connectivity index (χ1n) is 7.59. The summed E-state index contributed by atoms with van der Waals surface area (Å²) in [6, 6.07) is 12.0. The number of carbonyl (C=O) groups excluding carboxylic acids is 3. The Bertz CT molecular complexity index is 886. The maximum atomic E-state index is 12.0. The molecule has 0 radical (unpaired) electrons. The number of hydrogen-bond acceptors (Lipinski definition) is 7. The fourth-order valence-electron chi connectivity index (χ4n) is 2.05. The molecule has 0 saturated heterocycles. The van der Waals surface area contributed by atoms with E-state index in [9.17, 15) is 24.5 Å². The molecule has 0 unspecified atom stereocenters. The average Bonchev–Trinajstić information content (AvgIpc) is 2.65. The molecule has 0 atom stereocenters. The molecule has 0 heterocycles. The molecular formula is C17H15N3O6S. The minimum Gasteiger partial charge on any atom is -0.452 e. The lowest BCUT2D eigenvalue weighted by molar-refractivity contribution is -0.385. The second kappa shape index (κ2) is 9.34. The van der Waals surface area contributed by atoms with Crippen molar-refractivity contribution in [3.05, 3.63) is 64.2 Å². The van der Waals surface area contributed by atoms with Gasteiger partial charge in [-0.3, -0.25) is 19.7 Å². The predicted molar refractivity (Wildman–Crippen MR) is 98.4 cm³/mol. The number of nitrogens with two attached hydrogens (primary N) is 1. The summed E-state index contributed by atoms with van der Waals surface area (Å²) in [5, 5.41) is 13.5. The third kappa shape index (κ3) is 5.82. The second-order valence-corrected chi connectivity index (χ2v) is 6.17. The molecule has 0 aliphatic heterocycles. The van der Waals surface area contributed by atoms with Gasteiger partial charge < -0.3 is 15.8 Å². The van der Waals surface area contributed by atoms with Crippen LogP contribution in [0.3, 0.4) is 0 Å². The lowest BCUT2D eigenvalue weighted by atomic mass is 10.2. The molecule has 9 nitrogen and oxygen atoms in total. The van der Waals surface area contributed by atoms with Crippen LogP contribution in [0, 0.1) is 10.1 Å². The van der Waals surface area contributed by atoms with E-state index in [0.29, 0.717) is 10.6 Å². The molecule has 2 aromatic rings. The molecule has 0 saturated carbocycles. The molecule has 0 spiro atoms. The number of primary amides is 1. The largest absolute Gasteiger partial charge is 0.452 e. The molecule has 0 fully saturated rings. The van der Waals surface area contributed by atoms with Crippen molar-refractivity contribution in [1.82, 2.24) is 0 Å². The van der Waals surface area contributed by atoms with Crippen LogP contribution < -0.4 is 11.1 Å². The highest BCUT2D eigenvalue weighted by Gasteiger charge is 2.21. The number of thioether (sulfide) groups is 1. The van der Waals surface area contributed by atoms with Gasteiger partial charge in [0.2, 0.25) is 5.91 Å². The Kier molecular flexibility index (Phi) is 6.89. The first-order chi connectivity index (χ1) is 12.9. The lowest BCUT2D eigenvalue weighted by Crippen LogP contribution is -2.21. The number of anilines is 1. The molecule has 10 heteroatoms. The van der Waals surface area contributed by atoms with E-state index in [1.165, 1.54) is 24.3 Å². The topological polar surface area (TPSA) is 142 Å². The van der Waals surface area contributed by atoms with Crippen molar-refractivity contribution in [1.29, 1.82) is 0 Å². The molecule has 140 valence electrons. The fourth-order valence-corrected chi connectivity index (χ4v) is 2.79. The fraction of sp³-hybridized carbons (Fsp3) is 0.118. The summed E-state index contributed by atoms with van der Waals surface area (Å²) < 4.78 is 4.85. The molecule has 0 aliphatic rings. The number of nitrogens with zero attached hydrogens (tertiary/aromatic N) is 1. The first kappa shape index (κ1) is 19.9. The van der Waals surface area contributed by atoms with Crippen molar-refractivity contribution >= 4 is 40.9 Å². The molecule has 3 N–H and O–H groups in total. The maximum Gasteiger partial charge on any atom is 0.345 e. The first-order valence-corrected chi connectivity index (χ1v) is 8.57. The highest BCUT2D eigenvalue weighted by atomic mass is 32.2. The number of benzene rings is 2. The van der Waals surface area contributed by atoms with E-state index in [1.807, 2.05) is 0 Å². The normalized spacial score (nSPS) is 10.1. The Hall–Kier alpha value is -3.40. The number of nitrogens with one attached hydrogen (secondary N) is 1. The number of carbonyl (C=O) groups is 3. The van der Waals surface area contributed by atoms with Crippen LogP contribution in [0.25, 0.3) is 0 Å². The van der Waals surface area contributed by atoms with E-state index < -0.39 is 35.0 Å². The maximum absolute atomic E-state index is 12.0. The van der Waals surface area contributed by atoms with E-state index in [-0.39, 0.29) is 11.3 Å². The van der Waals surface area contributed by atoms with Gasteiger partial charge in [0.1, 0.15) is 5.56 Å². The summed E-state index contributed by atoms with van der Waals surface area (Å²) >= 11 is 1.15. The van der Waals surface area contributed by atoms with Crippen LogP contribution in [-0.2, 0) is 14.3 Å². The van der Waals surface area contributed by atoms with Gasteiger partial charge in [-0.2, -0.15) is 0 Å². The quantitative estimate of drug-likeness (QED) is 0.304. The molecule has 0 aromatic heterocycles. The Morgan fingerprint density at radius 2 is 1.78 bits per heavy atom. The van der Waals surface area contributed by atoms with E-state index in [4.69, 9.17) is 10.5 Å². The van der Waals surface area contributed by atoms with Crippen molar-refractivity contribution < 1.29 is 24.0 Å². The van der Waals surface area contributed by atoms with E-state index in [1.54, 1.807) is 24.3 Å². The van der Waals surface area contributed by atoms with Crippen LogP contribution in [-0.4, -0.2) is 35.1 Å². The molecule has 27 heavy (non-hydrogen) atoms. The average molecular weight is 389 g/mol. The third-order valence-electron chi connectivity index (χ3n) is 3.19. The van der Waals surface area contributed by atoms with Gasteiger partial charge >= 0.3 is 5.97 Å². The highest BCUT2D eigenvalue weighted by Crippen LogP contribution is 2.26. The summed E-state index contributed by atoms with van der Waals surface area (Å²) in [5.74, 6) is -2.07. The van der Waals surface area contributed by atoms with Gasteiger partial charge in [-0.1, -0.05) is 24.3 Å². The number of nitro benzene ring substituents is 1. The van der Waals surface area contributed by atoms with Crippen molar-refractivity contribution in [2.45, 2.75) is 4.90 Å². The van der Waals surface area contributed by atoms with Gasteiger partial charge in [0.15, 0.2) is 6.61 Å². The second-order valence-electron chi connectivity index (χ2n) is 5.15. The van der Waals surface area contributed by atoms with Gasteiger partial charge in [-0.25, -0.2) is 4.79 Å². The van der Waals surface area contributed by atoms with Crippen LogP contribution in [0.2, 0.25) is 0 Å². The number of rotatable bonds is 8. The summed E-state index contributed by atoms with van der Waals surface area (Å²) in [7, 11) is 0. The highest BCUT2D eigenvalue weighted by molar-refractivity contribution is 8.00. The Balaban J connectivity index is 1.98. The van der Waals surface area contributed by atoms with Gasteiger partial charge in [0, 0.05) is 11.0 Å². The Labute approximate surface area is 158 Å². The standard InChI is InChI=1S/C17H15N3O6S/c18-15(21)10-27-14-8-4-2-6-12(14)19-16(22)9-26-17(23)11-5-1-3-7-13(11)20(24)25/h1-8H,9-10H2,(H2,18,21)(H,19,22). The zero-order valence-electron chi connectivity index (χ0n) is 13.9. The number of amides is 2. The van der Waals surface area contributed by atoms with E-state index >= 15 is 0 Å². The molecule has 0 aliphatic carbocycles. The monoisotopic (exact) mass is 389 g/mol. The summed E-state index contributed by atoms with van der Waals surface area (Å²) in [5.41, 5.74) is 4.89. The number of ether oxygens (including phenoxy) is 1. The number of nitro groups is 1. The van der Waals surface area contributed by atoms with Crippen molar-refractivity contribution in [3.63, 3.8) is 0 Å².